The molecule has 134 valence electrons. The van der Waals surface area contributed by atoms with E-state index in [2.05, 4.69) is 0 Å². The summed E-state index contributed by atoms with van der Waals surface area (Å²) in [5, 5.41) is 19.8. The fourth-order valence-electron chi connectivity index (χ4n) is 2.27. The van der Waals surface area contributed by atoms with Crippen LogP contribution in [0.5, 0.6) is 5.75 Å². The van der Waals surface area contributed by atoms with Crippen LogP contribution in [0.2, 0.25) is 5.02 Å². The van der Waals surface area contributed by atoms with Crippen molar-refractivity contribution in [1.29, 1.82) is 0 Å². The first-order chi connectivity index (χ1) is 12.3. The van der Waals surface area contributed by atoms with Crippen LogP contribution in [0.3, 0.4) is 0 Å². The van der Waals surface area contributed by atoms with Gasteiger partial charge < -0.3 is 9.84 Å². The molecule has 0 heterocycles. The van der Waals surface area contributed by atoms with Crippen molar-refractivity contribution in [2.75, 3.05) is 7.11 Å². The molecule has 0 spiro atoms. The molecule has 0 aliphatic rings. The summed E-state index contributed by atoms with van der Waals surface area (Å²) in [5.41, 5.74) is 0.839. The normalized spacial score (nSPS) is 10.7. The molecule has 0 fully saturated rings. The van der Waals surface area contributed by atoms with Crippen LogP contribution in [0.4, 0.5) is 5.69 Å². The summed E-state index contributed by atoms with van der Waals surface area (Å²) in [6, 6.07) is 8.67. The van der Waals surface area contributed by atoms with Crippen molar-refractivity contribution in [3.8, 4) is 5.75 Å². The van der Waals surface area contributed by atoms with Crippen molar-refractivity contribution in [3.63, 3.8) is 0 Å². The van der Waals surface area contributed by atoms with Crippen LogP contribution in [-0.2, 0) is 11.2 Å². The predicted molar refractivity (Wildman–Crippen MR) is 95.8 cm³/mol. The number of nitrogens with zero attached hydrogens (tertiary/aromatic N) is 1. The number of halogens is 1. The van der Waals surface area contributed by atoms with Crippen LogP contribution in [0.15, 0.2) is 42.5 Å². The van der Waals surface area contributed by atoms with Gasteiger partial charge in [-0.1, -0.05) is 23.7 Å². The Morgan fingerprint density at radius 1 is 1.27 bits per heavy atom. The molecule has 2 aromatic carbocycles. The summed E-state index contributed by atoms with van der Waals surface area (Å²) in [6.07, 6.45) is 2.39. The molecular formula is C18H14ClNO6. The number of rotatable bonds is 7. The van der Waals surface area contributed by atoms with Crippen molar-refractivity contribution in [1.82, 2.24) is 0 Å². The Bertz CT molecular complexity index is 907. The number of methoxy groups -OCH3 is 1. The molecule has 0 unspecified atom stereocenters. The summed E-state index contributed by atoms with van der Waals surface area (Å²) in [7, 11) is 1.41. The molecule has 2 rings (SSSR count). The van der Waals surface area contributed by atoms with Gasteiger partial charge in [0.2, 0.25) is 0 Å². The third kappa shape index (κ3) is 4.67. The standard InChI is InChI=1S/C18H14ClNO6/c1-26-17-7-4-12(9-13(17)10-18(22)23)16(21)6-3-11-2-5-14(19)15(8-11)20(24)25/h2-9H,10H2,1H3,(H,22,23)/b6-3+. The molecule has 0 aromatic heterocycles. The van der Waals surface area contributed by atoms with E-state index in [1.54, 1.807) is 6.07 Å². The summed E-state index contributed by atoms with van der Waals surface area (Å²) in [5.74, 6) is -1.05. The third-order valence-electron chi connectivity index (χ3n) is 3.50. The van der Waals surface area contributed by atoms with Gasteiger partial charge in [-0.25, -0.2) is 0 Å². The first kappa shape index (κ1) is 19.1. The highest BCUT2D eigenvalue weighted by atomic mass is 35.5. The van der Waals surface area contributed by atoms with Crippen LogP contribution in [-0.4, -0.2) is 28.9 Å². The molecule has 0 saturated carbocycles. The van der Waals surface area contributed by atoms with Crippen LogP contribution in [0, 0.1) is 10.1 Å². The number of carbonyl (C=O) groups is 2. The number of ether oxygens (including phenoxy) is 1. The fraction of sp³-hybridized carbons (Fsp3) is 0.111. The minimum atomic E-state index is -1.04. The van der Waals surface area contributed by atoms with E-state index in [9.17, 15) is 19.7 Å². The smallest absolute Gasteiger partial charge is 0.307 e. The highest BCUT2D eigenvalue weighted by molar-refractivity contribution is 6.32. The Morgan fingerprint density at radius 3 is 2.62 bits per heavy atom. The van der Waals surface area contributed by atoms with E-state index in [-0.39, 0.29) is 28.5 Å². The zero-order valence-corrected chi connectivity index (χ0v) is 14.4. The lowest BCUT2D eigenvalue weighted by molar-refractivity contribution is -0.384. The number of carboxylic acid groups (broad SMARTS) is 1. The summed E-state index contributed by atoms with van der Waals surface area (Å²) in [6.45, 7) is 0. The molecule has 1 N–H and O–H groups in total. The summed E-state index contributed by atoms with van der Waals surface area (Å²) >= 11 is 5.74. The van der Waals surface area contributed by atoms with Crippen molar-refractivity contribution in [2.45, 2.75) is 6.42 Å². The lowest BCUT2D eigenvalue weighted by Gasteiger charge is -2.08. The number of carbonyl (C=O) groups excluding carboxylic acids is 1. The maximum absolute atomic E-state index is 12.3. The van der Waals surface area contributed by atoms with Crippen molar-refractivity contribution >= 4 is 35.1 Å². The van der Waals surface area contributed by atoms with Gasteiger partial charge in [0.1, 0.15) is 10.8 Å². The number of aliphatic carboxylic acids is 1. The number of hydrogen-bond acceptors (Lipinski definition) is 5. The number of ketones is 1. The highest BCUT2D eigenvalue weighted by Gasteiger charge is 2.13. The molecule has 0 aliphatic carbocycles. The van der Waals surface area contributed by atoms with Gasteiger partial charge in [-0.15, -0.1) is 0 Å². The first-order valence-corrected chi connectivity index (χ1v) is 7.74. The third-order valence-corrected chi connectivity index (χ3v) is 3.82. The van der Waals surface area contributed by atoms with Crippen LogP contribution in [0.25, 0.3) is 6.08 Å². The summed E-state index contributed by atoms with van der Waals surface area (Å²) in [4.78, 5) is 33.5. The van der Waals surface area contributed by atoms with Gasteiger partial charge in [-0.2, -0.15) is 0 Å². The van der Waals surface area contributed by atoms with E-state index in [1.165, 1.54) is 49.6 Å². The molecular weight excluding hydrogens is 362 g/mol. The van der Waals surface area contributed by atoms with Crippen LogP contribution < -0.4 is 4.74 Å². The lowest BCUT2D eigenvalue weighted by atomic mass is 10.0. The van der Waals surface area contributed by atoms with Gasteiger partial charge in [0, 0.05) is 17.2 Å². The second-order valence-electron chi connectivity index (χ2n) is 5.26. The molecule has 0 radical (unpaired) electrons. The average molecular weight is 376 g/mol. The topological polar surface area (TPSA) is 107 Å². The number of nitro benzene ring substituents is 1. The van der Waals surface area contributed by atoms with Crippen molar-refractivity contribution in [2.24, 2.45) is 0 Å². The zero-order valence-electron chi connectivity index (χ0n) is 13.6. The molecule has 26 heavy (non-hydrogen) atoms. The first-order valence-electron chi connectivity index (χ1n) is 7.37. The van der Waals surface area contributed by atoms with Crippen molar-refractivity contribution in [3.05, 3.63) is 74.3 Å². The largest absolute Gasteiger partial charge is 0.496 e. The minimum Gasteiger partial charge on any atom is -0.496 e. The lowest BCUT2D eigenvalue weighted by Crippen LogP contribution is -2.04. The minimum absolute atomic E-state index is 0.00643. The number of allylic oxidation sites excluding steroid dienone is 1. The SMILES string of the molecule is COc1ccc(C(=O)/C=C/c2ccc(Cl)c([N+](=O)[O-])c2)cc1CC(=O)O. The van der Waals surface area contributed by atoms with Crippen LogP contribution >= 0.6 is 11.6 Å². The quantitative estimate of drug-likeness (QED) is 0.341. The van der Waals surface area contributed by atoms with Gasteiger partial charge in [-0.3, -0.25) is 19.7 Å². The molecule has 2 aromatic rings. The van der Waals surface area contributed by atoms with Gasteiger partial charge in [-0.05, 0) is 35.9 Å². The second kappa shape index (κ2) is 8.26. The van der Waals surface area contributed by atoms with E-state index >= 15 is 0 Å². The Labute approximate surface area is 153 Å². The Balaban J connectivity index is 2.27. The zero-order chi connectivity index (χ0) is 19.3. The van der Waals surface area contributed by atoms with E-state index in [4.69, 9.17) is 21.4 Å². The molecule has 0 bridgehead atoms. The monoisotopic (exact) mass is 375 g/mol. The Hall–Kier alpha value is -3.19. The van der Waals surface area contributed by atoms with Gasteiger partial charge in [0.15, 0.2) is 5.78 Å². The fourth-order valence-corrected chi connectivity index (χ4v) is 2.46. The maximum atomic E-state index is 12.3. The molecule has 0 saturated heterocycles. The highest BCUT2D eigenvalue weighted by Crippen LogP contribution is 2.26. The Morgan fingerprint density at radius 2 is 2.00 bits per heavy atom. The van der Waals surface area contributed by atoms with E-state index in [0.717, 1.165) is 0 Å². The van der Waals surface area contributed by atoms with Gasteiger partial charge in [0.25, 0.3) is 5.69 Å². The van der Waals surface area contributed by atoms with E-state index in [1.807, 2.05) is 0 Å². The second-order valence-corrected chi connectivity index (χ2v) is 5.67. The van der Waals surface area contributed by atoms with Gasteiger partial charge >= 0.3 is 5.97 Å². The number of benzene rings is 2. The Kier molecular flexibility index (Phi) is 6.08. The molecule has 0 aliphatic heterocycles. The summed E-state index contributed by atoms with van der Waals surface area (Å²) < 4.78 is 5.09. The van der Waals surface area contributed by atoms with Crippen molar-refractivity contribution < 1.29 is 24.4 Å². The number of carboxylic acids is 1. The average Bonchev–Trinajstić information content (AvgIpc) is 2.59. The molecule has 8 heteroatoms. The molecule has 0 amide bonds. The van der Waals surface area contributed by atoms with E-state index < -0.39 is 10.9 Å². The molecule has 7 nitrogen and oxygen atoms in total. The van der Waals surface area contributed by atoms with Gasteiger partial charge in [0.05, 0.1) is 18.5 Å². The van der Waals surface area contributed by atoms with E-state index in [0.29, 0.717) is 16.9 Å². The number of hydrogen-bond donors (Lipinski definition) is 1. The maximum Gasteiger partial charge on any atom is 0.307 e. The molecule has 0 atom stereocenters. The predicted octanol–water partition coefficient (Wildman–Crippen LogP) is 3.78. The number of nitro groups is 1. The van der Waals surface area contributed by atoms with Crippen LogP contribution in [0.1, 0.15) is 21.5 Å².